The SMILES string of the molecule is NC1CCCCCC1Oc1cc(Br)ccc1[N+](=O)[O-]. The topological polar surface area (TPSA) is 78.4 Å². The van der Waals surface area contributed by atoms with E-state index in [1.54, 1.807) is 12.1 Å². The molecule has 2 rings (SSSR count). The molecule has 6 heteroatoms. The fourth-order valence-corrected chi connectivity index (χ4v) is 2.68. The molecule has 0 aromatic heterocycles. The molecule has 19 heavy (non-hydrogen) atoms. The van der Waals surface area contributed by atoms with Gasteiger partial charge < -0.3 is 10.5 Å². The first-order valence-corrected chi connectivity index (χ1v) is 7.23. The van der Waals surface area contributed by atoms with Crippen LogP contribution < -0.4 is 10.5 Å². The number of hydrogen-bond acceptors (Lipinski definition) is 4. The second-order valence-electron chi connectivity index (χ2n) is 4.83. The normalized spacial score (nSPS) is 23.7. The minimum atomic E-state index is -0.427. The number of nitrogens with zero attached hydrogens (tertiary/aromatic N) is 1. The molecule has 0 saturated heterocycles. The lowest BCUT2D eigenvalue weighted by Gasteiger charge is -2.22. The van der Waals surface area contributed by atoms with Gasteiger partial charge in [-0.15, -0.1) is 0 Å². The third-order valence-corrected chi connectivity index (χ3v) is 3.89. The van der Waals surface area contributed by atoms with Crippen LogP contribution in [0.2, 0.25) is 0 Å². The van der Waals surface area contributed by atoms with E-state index in [9.17, 15) is 10.1 Å². The third kappa shape index (κ3) is 3.67. The first kappa shape index (κ1) is 14.3. The van der Waals surface area contributed by atoms with Crippen molar-refractivity contribution in [1.82, 2.24) is 0 Å². The Morgan fingerprint density at radius 1 is 1.32 bits per heavy atom. The molecule has 1 aliphatic carbocycles. The quantitative estimate of drug-likeness (QED) is 0.524. The number of rotatable bonds is 3. The second kappa shape index (κ2) is 6.34. The van der Waals surface area contributed by atoms with E-state index in [2.05, 4.69) is 15.9 Å². The van der Waals surface area contributed by atoms with Crippen molar-refractivity contribution in [2.24, 2.45) is 5.73 Å². The minimum absolute atomic E-state index is 0.0142. The van der Waals surface area contributed by atoms with Gasteiger partial charge in [-0.25, -0.2) is 0 Å². The Hall–Kier alpha value is -1.14. The molecule has 5 nitrogen and oxygen atoms in total. The fraction of sp³-hybridized carbons (Fsp3) is 0.538. The van der Waals surface area contributed by atoms with Gasteiger partial charge in [0.15, 0.2) is 5.75 Å². The van der Waals surface area contributed by atoms with Crippen LogP contribution in [0.4, 0.5) is 5.69 Å². The van der Waals surface area contributed by atoms with E-state index < -0.39 is 4.92 Å². The molecule has 0 spiro atoms. The highest BCUT2D eigenvalue weighted by Gasteiger charge is 2.25. The van der Waals surface area contributed by atoms with Crippen LogP contribution >= 0.6 is 15.9 Å². The predicted octanol–water partition coefficient (Wildman–Crippen LogP) is 3.40. The maximum absolute atomic E-state index is 11.0. The predicted molar refractivity (Wildman–Crippen MR) is 76.3 cm³/mol. The summed E-state index contributed by atoms with van der Waals surface area (Å²) in [6.45, 7) is 0. The average Bonchev–Trinajstić information content (AvgIpc) is 2.55. The lowest BCUT2D eigenvalue weighted by Crippen LogP contribution is -2.38. The number of nitrogens with two attached hydrogens (primary N) is 1. The molecule has 0 radical (unpaired) electrons. The largest absolute Gasteiger partial charge is 0.482 e. The van der Waals surface area contributed by atoms with Crippen LogP contribution in [0.1, 0.15) is 32.1 Å². The molecule has 1 aromatic rings. The fourth-order valence-electron chi connectivity index (χ4n) is 2.34. The Morgan fingerprint density at radius 2 is 2.05 bits per heavy atom. The molecule has 0 aliphatic heterocycles. The van der Waals surface area contributed by atoms with Crippen molar-refractivity contribution in [3.05, 3.63) is 32.8 Å². The monoisotopic (exact) mass is 328 g/mol. The Bertz CT molecular complexity index is 467. The molecule has 1 fully saturated rings. The van der Waals surface area contributed by atoms with E-state index in [0.717, 1.165) is 36.6 Å². The highest BCUT2D eigenvalue weighted by Crippen LogP contribution is 2.32. The van der Waals surface area contributed by atoms with Gasteiger partial charge in [-0.3, -0.25) is 10.1 Å². The van der Waals surface area contributed by atoms with Crippen LogP contribution in [0.3, 0.4) is 0 Å². The van der Waals surface area contributed by atoms with Crippen LogP contribution in [-0.4, -0.2) is 17.1 Å². The van der Waals surface area contributed by atoms with Gasteiger partial charge in [-0.2, -0.15) is 0 Å². The van der Waals surface area contributed by atoms with Crippen LogP contribution in [0.15, 0.2) is 22.7 Å². The molecule has 2 unspecified atom stereocenters. The highest BCUT2D eigenvalue weighted by molar-refractivity contribution is 9.10. The Labute approximate surface area is 120 Å². The second-order valence-corrected chi connectivity index (χ2v) is 5.74. The van der Waals surface area contributed by atoms with Gasteiger partial charge in [0.2, 0.25) is 0 Å². The molecular formula is C13H17BrN2O3. The molecule has 2 N–H and O–H groups in total. The molecule has 0 amide bonds. The molecule has 1 aliphatic rings. The number of hydrogen-bond donors (Lipinski definition) is 1. The van der Waals surface area contributed by atoms with E-state index in [1.165, 1.54) is 6.07 Å². The van der Waals surface area contributed by atoms with Gasteiger partial charge in [-0.1, -0.05) is 28.8 Å². The zero-order valence-corrected chi connectivity index (χ0v) is 12.1. The van der Waals surface area contributed by atoms with Crippen molar-refractivity contribution in [3.8, 4) is 5.75 Å². The summed E-state index contributed by atoms with van der Waals surface area (Å²) in [7, 11) is 0. The molecule has 104 valence electrons. The van der Waals surface area contributed by atoms with Crippen LogP contribution in [-0.2, 0) is 0 Å². The summed E-state index contributed by atoms with van der Waals surface area (Å²) in [6, 6.07) is 4.66. The maximum Gasteiger partial charge on any atom is 0.311 e. The smallest absolute Gasteiger partial charge is 0.311 e. The van der Waals surface area contributed by atoms with Crippen molar-refractivity contribution in [1.29, 1.82) is 0 Å². The van der Waals surface area contributed by atoms with Crippen molar-refractivity contribution < 1.29 is 9.66 Å². The lowest BCUT2D eigenvalue weighted by atomic mass is 10.1. The van der Waals surface area contributed by atoms with Gasteiger partial charge in [0.25, 0.3) is 0 Å². The van der Waals surface area contributed by atoms with E-state index in [1.807, 2.05) is 0 Å². The molecule has 0 heterocycles. The minimum Gasteiger partial charge on any atom is -0.482 e. The zero-order chi connectivity index (χ0) is 13.8. The zero-order valence-electron chi connectivity index (χ0n) is 10.5. The number of halogens is 1. The summed E-state index contributed by atoms with van der Waals surface area (Å²) >= 11 is 3.31. The van der Waals surface area contributed by atoms with Crippen LogP contribution in [0.25, 0.3) is 0 Å². The maximum atomic E-state index is 11.0. The molecule has 2 atom stereocenters. The molecule has 1 saturated carbocycles. The van der Waals surface area contributed by atoms with Gasteiger partial charge in [0.05, 0.1) is 4.92 Å². The Morgan fingerprint density at radius 3 is 2.79 bits per heavy atom. The summed E-state index contributed by atoms with van der Waals surface area (Å²) in [5.41, 5.74) is 6.07. The van der Waals surface area contributed by atoms with Gasteiger partial charge in [-0.05, 0) is 25.3 Å². The van der Waals surface area contributed by atoms with E-state index in [0.29, 0.717) is 5.75 Å². The Balaban J connectivity index is 2.21. The van der Waals surface area contributed by atoms with Crippen LogP contribution in [0.5, 0.6) is 5.75 Å². The van der Waals surface area contributed by atoms with Crippen molar-refractivity contribution >= 4 is 21.6 Å². The highest BCUT2D eigenvalue weighted by atomic mass is 79.9. The van der Waals surface area contributed by atoms with Crippen molar-refractivity contribution in [3.63, 3.8) is 0 Å². The number of benzene rings is 1. The first-order chi connectivity index (χ1) is 9.08. The van der Waals surface area contributed by atoms with Crippen LogP contribution in [0, 0.1) is 10.1 Å². The van der Waals surface area contributed by atoms with Gasteiger partial charge in [0, 0.05) is 22.6 Å². The van der Waals surface area contributed by atoms with Gasteiger partial charge in [0.1, 0.15) is 6.10 Å². The number of nitro benzene ring substituents is 1. The van der Waals surface area contributed by atoms with Gasteiger partial charge >= 0.3 is 5.69 Å². The average molecular weight is 329 g/mol. The summed E-state index contributed by atoms with van der Waals surface area (Å²) in [5, 5.41) is 11.0. The summed E-state index contributed by atoms with van der Waals surface area (Å²) < 4.78 is 6.58. The molecule has 1 aromatic carbocycles. The van der Waals surface area contributed by atoms with Crippen molar-refractivity contribution in [2.75, 3.05) is 0 Å². The number of ether oxygens (including phenoxy) is 1. The summed E-state index contributed by atoms with van der Waals surface area (Å²) in [5.74, 6) is 0.293. The first-order valence-electron chi connectivity index (χ1n) is 6.44. The van der Waals surface area contributed by atoms with E-state index in [-0.39, 0.29) is 17.8 Å². The third-order valence-electron chi connectivity index (χ3n) is 3.40. The number of nitro groups is 1. The van der Waals surface area contributed by atoms with E-state index in [4.69, 9.17) is 10.5 Å². The Kier molecular flexibility index (Phi) is 4.76. The summed E-state index contributed by atoms with van der Waals surface area (Å²) in [4.78, 5) is 10.6. The molecule has 0 bridgehead atoms. The lowest BCUT2D eigenvalue weighted by molar-refractivity contribution is -0.386. The summed E-state index contributed by atoms with van der Waals surface area (Å²) in [6.07, 6.45) is 4.92. The molecular weight excluding hydrogens is 312 g/mol. The van der Waals surface area contributed by atoms with E-state index >= 15 is 0 Å². The standard InChI is InChI=1S/C13H17BrN2O3/c14-9-6-7-11(16(17)18)13(8-9)19-12-5-3-1-2-4-10(12)15/h6-8,10,12H,1-5,15H2. The van der Waals surface area contributed by atoms with Crippen molar-refractivity contribution in [2.45, 2.75) is 44.2 Å².